The van der Waals surface area contributed by atoms with E-state index in [0.717, 1.165) is 17.3 Å². The van der Waals surface area contributed by atoms with E-state index in [-0.39, 0.29) is 23.8 Å². The molecule has 0 spiro atoms. The third-order valence-electron chi connectivity index (χ3n) is 5.20. The lowest BCUT2D eigenvalue weighted by Crippen LogP contribution is -2.16. The number of aliphatic hydroxyl groups excluding tert-OH is 1. The quantitative estimate of drug-likeness (QED) is 0.221. The Balaban J connectivity index is 1.95. The lowest BCUT2D eigenvalue weighted by atomic mass is 10.0. The Kier molecular flexibility index (Phi) is 8.49. The highest BCUT2D eigenvalue weighted by Crippen LogP contribution is 2.33. The van der Waals surface area contributed by atoms with Crippen molar-refractivity contribution in [2.24, 2.45) is 0 Å². The van der Waals surface area contributed by atoms with Gasteiger partial charge in [-0.1, -0.05) is 37.7 Å². The van der Waals surface area contributed by atoms with Crippen molar-refractivity contribution in [3.8, 4) is 22.9 Å². The molecular weight excluding hydrogens is 507 g/mol. The lowest BCUT2D eigenvalue weighted by Gasteiger charge is -2.15. The average molecular weight is 536 g/mol. The molecule has 0 unspecified atom stereocenters. The van der Waals surface area contributed by atoms with Gasteiger partial charge in [-0.05, 0) is 49.1 Å². The van der Waals surface area contributed by atoms with Gasteiger partial charge in [0, 0.05) is 37.2 Å². The van der Waals surface area contributed by atoms with Crippen molar-refractivity contribution in [3.63, 3.8) is 0 Å². The predicted octanol–water partition coefficient (Wildman–Crippen LogP) is 5.97. The predicted molar refractivity (Wildman–Crippen MR) is 138 cm³/mol. The third kappa shape index (κ3) is 7.09. The molecule has 0 radical (unpaired) electrons. The summed E-state index contributed by atoms with van der Waals surface area (Å²) >= 11 is 6.01. The molecule has 3 rings (SSSR count). The van der Waals surface area contributed by atoms with Gasteiger partial charge in [0.15, 0.2) is 5.69 Å². The molecule has 0 saturated carbocycles. The van der Waals surface area contributed by atoms with E-state index in [9.17, 15) is 18.3 Å². The summed E-state index contributed by atoms with van der Waals surface area (Å²) in [5.74, 6) is 3.86. The van der Waals surface area contributed by atoms with Crippen LogP contribution in [-0.4, -0.2) is 39.3 Å². The van der Waals surface area contributed by atoms with Crippen LogP contribution in [0.2, 0.25) is 24.9 Å². The number of hydrogen-bond donors (Lipinski definition) is 2. The van der Waals surface area contributed by atoms with E-state index >= 15 is 0 Å². The van der Waals surface area contributed by atoms with Crippen LogP contribution in [0.15, 0.2) is 30.6 Å². The van der Waals surface area contributed by atoms with Crippen molar-refractivity contribution in [1.29, 1.82) is 0 Å². The van der Waals surface area contributed by atoms with E-state index in [4.69, 9.17) is 11.6 Å². The van der Waals surface area contributed by atoms with Crippen LogP contribution in [0.1, 0.15) is 42.3 Å². The van der Waals surface area contributed by atoms with Gasteiger partial charge in [-0.25, -0.2) is 9.97 Å². The van der Waals surface area contributed by atoms with E-state index in [1.54, 1.807) is 32.2 Å². The number of nitrogens with zero attached hydrogens (tertiary/aromatic N) is 4. The summed E-state index contributed by atoms with van der Waals surface area (Å²) in [5, 5.41) is 13.0. The Morgan fingerprint density at radius 1 is 1.17 bits per heavy atom. The Morgan fingerprint density at radius 3 is 2.50 bits per heavy atom. The number of imidazole rings is 1. The summed E-state index contributed by atoms with van der Waals surface area (Å²) in [6.07, 6.45) is -1.61. The van der Waals surface area contributed by atoms with Crippen LogP contribution in [0.4, 0.5) is 19.0 Å². The van der Waals surface area contributed by atoms with Gasteiger partial charge >= 0.3 is 6.18 Å². The fraction of sp³-hybridized carbons (Fsp3) is 0.400. The first-order valence-corrected chi connectivity index (χ1v) is 15.3. The van der Waals surface area contributed by atoms with Crippen LogP contribution < -0.4 is 5.32 Å². The van der Waals surface area contributed by atoms with Crippen molar-refractivity contribution in [2.75, 3.05) is 11.9 Å². The summed E-state index contributed by atoms with van der Waals surface area (Å²) in [4.78, 5) is 12.2. The van der Waals surface area contributed by atoms with Gasteiger partial charge in [0.1, 0.15) is 19.7 Å². The molecular formula is C25H29ClF3N5OSi. The van der Waals surface area contributed by atoms with Crippen LogP contribution in [0.25, 0.3) is 11.4 Å². The molecule has 2 heterocycles. The van der Waals surface area contributed by atoms with Gasteiger partial charge in [0.2, 0.25) is 5.28 Å². The lowest BCUT2D eigenvalue weighted by molar-refractivity contribution is -0.140. The van der Waals surface area contributed by atoms with E-state index < -0.39 is 19.9 Å². The smallest absolute Gasteiger partial charge is 0.396 e. The number of nitrogens with one attached hydrogen (secondary N) is 1. The Hall–Kier alpha value is -2.87. The van der Waals surface area contributed by atoms with Gasteiger partial charge < -0.3 is 15.0 Å². The number of alkyl halides is 3. The first-order chi connectivity index (χ1) is 16.8. The highest BCUT2D eigenvalue weighted by molar-refractivity contribution is 6.83. The highest BCUT2D eigenvalue weighted by atomic mass is 35.5. The number of benzene rings is 1. The fourth-order valence-electron chi connectivity index (χ4n) is 3.45. The van der Waals surface area contributed by atoms with E-state index in [1.807, 2.05) is 6.07 Å². The Labute approximate surface area is 215 Å². The zero-order chi connectivity index (χ0) is 26.7. The van der Waals surface area contributed by atoms with Crippen molar-refractivity contribution in [3.05, 3.63) is 58.3 Å². The van der Waals surface area contributed by atoms with Crippen LogP contribution in [0.3, 0.4) is 0 Å². The van der Waals surface area contributed by atoms with Crippen LogP contribution >= 0.6 is 11.6 Å². The molecule has 0 bridgehead atoms. The zero-order valence-corrected chi connectivity index (χ0v) is 22.6. The molecule has 0 aliphatic carbocycles. The molecule has 0 aliphatic rings. The average Bonchev–Trinajstić information content (AvgIpc) is 3.24. The number of anilines is 1. The van der Waals surface area contributed by atoms with Gasteiger partial charge in [-0.15, -0.1) is 5.54 Å². The maximum Gasteiger partial charge on any atom is 0.434 e. The molecule has 1 aromatic carbocycles. The normalized spacial score (nSPS) is 12.0. The van der Waals surface area contributed by atoms with Gasteiger partial charge in [-0.3, -0.25) is 0 Å². The van der Waals surface area contributed by atoms with Gasteiger partial charge in [0.25, 0.3) is 0 Å². The fourth-order valence-corrected chi connectivity index (χ4v) is 4.09. The minimum Gasteiger partial charge on any atom is -0.396 e. The topological polar surface area (TPSA) is 75.9 Å². The molecule has 11 heteroatoms. The van der Waals surface area contributed by atoms with Crippen molar-refractivity contribution < 1.29 is 18.3 Å². The second-order valence-electron chi connectivity index (χ2n) is 9.66. The second kappa shape index (κ2) is 11.0. The molecule has 0 saturated heterocycles. The van der Waals surface area contributed by atoms with Crippen LogP contribution in [0, 0.1) is 11.5 Å². The van der Waals surface area contributed by atoms with Gasteiger partial charge in [-0.2, -0.15) is 18.2 Å². The molecule has 6 nitrogen and oxygen atoms in total. The molecule has 2 N–H and O–H groups in total. The van der Waals surface area contributed by atoms with Crippen molar-refractivity contribution in [2.45, 2.75) is 58.7 Å². The summed E-state index contributed by atoms with van der Waals surface area (Å²) in [6.45, 7) is 10.2. The third-order valence-corrected chi connectivity index (χ3v) is 6.26. The molecule has 3 aromatic rings. The SMILES string of the molecule is CC(C)n1cc(C(F)(F)F)nc1-c1ccc(CNc2nc(Cl)ncc2C#C[Si](C)(C)C)c(CCO)c1. The number of aromatic nitrogens is 4. The van der Waals surface area contributed by atoms with Gasteiger partial charge in [0.05, 0.1) is 5.56 Å². The first kappa shape index (κ1) is 27.7. The maximum absolute atomic E-state index is 13.3. The molecule has 0 aliphatic heterocycles. The summed E-state index contributed by atoms with van der Waals surface area (Å²) in [6, 6.07) is 5.10. The number of halogens is 4. The minimum absolute atomic E-state index is 0.0861. The van der Waals surface area contributed by atoms with E-state index in [2.05, 4.69) is 51.4 Å². The van der Waals surface area contributed by atoms with Crippen molar-refractivity contribution >= 4 is 25.5 Å². The molecule has 36 heavy (non-hydrogen) atoms. The summed E-state index contributed by atoms with van der Waals surface area (Å²) < 4.78 is 41.5. The van der Waals surface area contributed by atoms with E-state index in [0.29, 0.717) is 29.9 Å². The highest BCUT2D eigenvalue weighted by Gasteiger charge is 2.35. The molecule has 0 atom stereocenters. The zero-order valence-electron chi connectivity index (χ0n) is 20.8. The monoisotopic (exact) mass is 535 g/mol. The summed E-state index contributed by atoms with van der Waals surface area (Å²) in [5.41, 5.74) is 5.15. The second-order valence-corrected chi connectivity index (χ2v) is 14.7. The molecule has 2 aromatic heterocycles. The number of rotatable bonds is 7. The molecule has 0 amide bonds. The first-order valence-electron chi connectivity index (χ1n) is 11.5. The molecule has 0 fully saturated rings. The Bertz CT molecular complexity index is 1290. The van der Waals surface area contributed by atoms with Crippen molar-refractivity contribution in [1.82, 2.24) is 19.5 Å². The summed E-state index contributed by atoms with van der Waals surface area (Å²) in [7, 11) is -1.63. The Morgan fingerprint density at radius 2 is 1.89 bits per heavy atom. The minimum atomic E-state index is -4.54. The number of hydrogen-bond acceptors (Lipinski definition) is 5. The van der Waals surface area contributed by atoms with Crippen LogP contribution in [-0.2, 0) is 19.1 Å². The molecule has 192 valence electrons. The maximum atomic E-state index is 13.3. The largest absolute Gasteiger partial charge is 0.434 e. The standard InChI is InChI=1S/C25H29ClF3N5OSi/c1-16(2)34-15-21(25(27,28)29)32-23(34)18-6-7-19(17(12-18)8-10-35)13-30-22-20(9-11-36(3,4)5)14-31-24(26)33-22/h6-7,12,14-16,35H,8,10,13H2,1-5H3,(H,30,31,33). The number of aliphatic hydroxyl groups is 1. The van der Waals surface area contributed by atoms with Crippen LogP contribution in [0.5, 0.6) is 0 Å². The van der Waals surface area contributed by atoms with E-state index in [1.165, 1.54) is 4.57 Å².